The Morgan fingerprint density at radius 3 is 2.88 bits per heavy atom. The van der Waals surface area contributed by atoms with Crippen LogP contribution < -0.4 is 0 Å². The number of hydrogen-bond acceptors (Lipinski definition) is 2. The highest BCUT2D eigenvalue weighted by Crippen LogP contribution is 2.26. The van der Waals surface area contributed by atoms with Crippen LogP contribution in [0.15, 0.2) is 24.4 Å². The van der Waals surface area contributed by atoms with E-state index in [2.05, 4.69) is 4.98 Å². The molecule has 0 aliphatic carbocycles. The summed E-state index contributed by atoms with van der Waals surface area (Å²) in [6.07, 6.45) is 2.50. The van der Waals surface area contributed by atoms with Gasteiger partial charge < -0.3 is 5.11 Å². The molecule has 2 aromatic rings. The first kappa shape index (κ1) is 10.9. The average Bonchev–Trinajstić information content (AvgIpc) is 2.29. The van der Waals surface area contributed by atoms with Gasteiger partial charge in [-0.3, -0.25) is 4.98 Å². The molecule has 0 saturated heterocycles. The SMILES string of the molecule is CCc1cnc2cc(C(=O)O)ccc2c1Cl. The number of rotatable bonds is 2. The van der Waals surface area contributed by atoms with Gasteiger partial charge in [-0.2, -0.15) is 0 Å². The third-order valence-corrected chi connectivity index (χ3v) is 2.95. The highest BCUT2D eigenvalue weighted by atomic mass is 35.5. The van der Waals surface area contributed by atoms with Crippen LogP contribution in [0.1, 0.15) is 22.8 Å². The summed E-state index contributed by atoms with van der Waals surface area (Å²) in [6, 6.07) is 4.77. The number of fused-ring (bicyclic) bond motifs is 1. The van der Waals surface area contributed by atoms with Crippen LogP contribution in [0.5, 0.6) is 0 Å². The molecule has 0 saturated carbocycles. The van der Waals surface area contributed by atoms with Crippen LogP contribution in [-0.4, -0.2) is 16.1 Å². The zero-order chi connectivity index (χ0) is 11.7. The zero-order valence-electron chi connectivity index (χ0n) is 8.70. The number of benzene rings is 1. The van der Waals surface area contributed by atoms with E-state index in [-0.39, 0.29) is 5.56 Å². The Hall–Kier alpha value is -1.61. The quantitative estimate of drug-likeness (QED) is 0.870. The van der Waals surface area contributed by atoms with Crippen molar-refractivity contribution >= 4 is 28.5 Å². The highest BCUT2D eigenvalue weighted by Gasteiger charge is 2.08. The second-order valence-electron chi connectivity index (χ2n) is 3.49. The van der Waals surface area contributed by atoms with Crippen molar-refractivity contribution in [1.82, 2.24) is 4.98 Å². The fraction of sp³-hybridized carbons (Fsp3) is 0.167. The minimum atomic E-state index is -0.959. The van der Waals surface area contributed by atoms with Crippen molar-refractivity contribution in [3.63, 3.8) is 0 Å². The van der Waals surface area contributed by atoms with Gasteiger partial charge in [0.15, 0.2) is 0 Å². The first-order valence-corrected chi connectivity index (χ1v) is 5.31. The molecule has 0 radical (unpaired) electrons. The molecule has 0 bridgehead atoms. The lowest BCUT2D eigenvalue weighted by molar-refractivity contribution is 0.0697. The Morgan fingerprint density at radius 1 is 1.50 bits per heavy atom. The molecule has 4 heteroatoms. The number of aromatic nitrogens is 1. The van der Waals surface area contributed by atoms with Gasteiger partial charge in [0.25, 0.3) is 0 Å². The van der Waals surface area contributed by atoms with Gasteiger partial charge in [0.2, 0.25) is 0 Å². The Balaban J connectivity index is 2.69. The molecular formula is C12H10ClNO2. The number of pyridine rings is 1. The van der Waals surface area contributed by atoms with E-state index in [0.717, 1.165) is 17.4 Å². The average molecular weight is 236 g/mol. The van der Waals surface area contributed by atoms with E-state index >= 15 is 0 Å². The molecule has 0 fully saturated rings. The number of aromatic carboxylic acids is 1. The van der Waals surface area contributed by atoms with E-state index < -0.39 is 5.97 Å². The molecule has 3 nitrogen and oxygen atoms in total. The van der Waals surface area contributed by atoms with Crippen molar-refractivity contribution in [2.24, 2.45) is 0 Å². The maximum atomic E-state index is 10.8. The fourth-order valence-corrected chi connectivity index (χ4v) is 1.92. The number of hydrogen-bond donors (Lipinski definition) is 1. The summed E-state index contributed by atoms with van der Waals surface area (Å²) < 4.78 is 0. The van der Waals surface area contributed by atoms with Crippen molar-refractivity contribution in [2.45, 2.75) is 13.3 Å². The van der Waals surface area contributed by atoms with E-state index in [4.69, 9.17) is 16.7 Å². The van der Waals surface area contributed by atoms with Crippen LogP contribution in [0.2, 0.25) is 5.02 Å². The lowest BCUT2D eigenvalue weighted by atomic mass is 10.1. The summed E-state index contributed by atoms with van der Waals surface area (Å²) in [7, 11) is 0. The van der Waals surface area contributed by atoms with Crippen LogP contribution in [0, 0.1) is 0 Å². The fourth-order valence-electron chi connectivity index (χ4n) is 1.58. The van der Waals surface area contributed by atoms with Gasteiger partial charge in [-0.05, 0) is 24.1 Å². The van der Waals surface area contributed by atoms with Crippen molar-refractivity contribution in [3.8, 4) is 0 Å². The van der Waals surface area contributed by atoms with Gasteiger partial charge in [0, 0.05) is 11.6 Å². The normalized spacial score (nSPS) is 10.6. The largest absolute Gasteiger partial charge is 0.478 e. The molecule has 0 aliphatic rings. The topological polar surface area (TPSA) is 50.2 Å². The Kier molecular flexibility index (Phi) is 2.79. The molecule has 0 spiro atoms. The molecule has 1 N–H and O–H groups in total. The number of aryl methyl sites for hydroxylation is 1. The second kappa shape index (κ2) is 4.10. The number of carboxylic acid groups (broad SMARTS) is 1. The lowest BCUT2D eigenvalue weighted by Crippen LogP contribution is -1.96. The van der Waals surface area contributed by atoms with Crippen LogP contribution in [0.3, 0.4) is 0 Å². The molecule has 1 aromatic carbocycles. The lowest BCUT2D eigenvalue weighted by Gasteiger charge is -2.05. The van der Waals surface area contributed by atoms with Gasteiger partial charge >= 0.3 is 5.97 Å². The standard InChI is InChI=1S/C12H10ClNO2/c1-2-7-6-14-10-5-8(12(15)16)3-4-9(10)11(7)13/h3-6H,2H2,1H3,(H,15,16). The monoisotopic (exact) mass is 235 g/mol. The summed E-state index contributed by atoms with van der Waals surface area (Å²) in [5.74, 6) is -0.959. The van der Waals surface area contributed by atoms with Gasteiger partial charge in [0.1, 0.15) is 0 Å². The maximum absolute atomic E-state index is 10.8. The summed E-state index contributed by atoms with van der Waals surface area (Å²) in [5, 5.41) is 10.3. The van der Waals surface area contributed by atoms with E-state index in [0.29, 0.717) is 10.5 Å². The Labute approximate surface area is 97.7 Å². The number of nitrogens with zero attached hydrogens (tertiary/aromatic N) is 1. The minimum absolute atomic E-state index is 0.223. The highest BCUT2D eigenvalue weighted by molar-refractivity contribution is 6.36. The van der Waals surface area contributed by atoms with Gasteiger partial charge in [0.05, 0.1) is 16.1 Å². The molecule has 1 aromatic heterocycles. The summed E-state index contributed by atoms with van der Waals surface area (Å²) in [4.78, 5) is 15.0. The molecule has 2 rings (SSSR count). The first-order chi connectivity index (χ1) is 7.63. The summed E-state index contributed by atoms with van der Waals surface area (Å²) >= 11 is 6.19. The predicted molar refractivity (Wildman–Crippen MR) is 63.1 cm³/mol. The van der Waals surface area contributed by atoms with Gasteiger partial charge in [-0.1, -0.05) is 24.6 Å². The van der Waals surface area contributed by atoms with E-state index in [9.17, 15) is 4.79 Å². The number of halogens is 1. The smallest absolute Gasteiger partial charge is 0.335 e. The first-order valence-electron chi connectivity index (χ1n) is 4.94. The zero-order valence-corrected chi connectivity index (χ0v) is 9.45. The van der Waals surface area contributed by atoms with Gasteiger partial charge in [-0.15, -0.1) is 0 Å². The van der Waals surface area contributed by atoms with Crippen molar-refractivity contribution in [1.29, 1.82) is 0 Å². The van der Waals surface area contributed by atoms with Crippen LogP contribution in [0.25, 0.3) is 10.9 Å². The van der Waals surface area contributed by atoms with Crippen LogP contribution in [-0.2, 0) is 6.42 Å². The van der Waals surface area contributed by atoms with E-state index in [1.807, 2.05) is 6.92 Å². The van der Waals surface area contributed by atoms with Crippen LogP contribution >= 0.6 is 11.6 Å². The molecule has 0 unspecified atom stereocenters. The number of carboxylic acids is 1. The molecule has 0 atom stereocenters. The van der Waals surface area contributed by atoms with E-state index in [1.165, 1.54) is 12.1 Å². The molecule has 0 amide bonds. The summed E-state index contributed by atoms with van der Waals surface area (Å²) in [6.45, 7) is 2.00. The third kappa shape index (κ3) is 1.74. The third-order valence-electron chi connectivity index (χ3n) is 2.50. The Bertz CT molecular complexity index is 566. The maximum Gasteiger partial charge on any atom is 0.335 e. The van der Waals surface area contributed by atoms with Crippen LogP contribution in [0.4, 0.5) is 0 Å². The van der Waals surface area contributed by atoms with Crippen molar-refractivity contribution < 1.29 is 9.90 Å². The minimum Gasteiger partial charge on any atom is -0.478 e. The molecular weight excluding hydrogens is 226 g/mol. The second-order valence-corrected chi connectivity index (χ2v) is 3.87. The molecule has 82 valence electrons. The molecule has 0 aliphatic heterocycles. The predicted octanol–water partition coefficient (Wildman–Crippen LogP) is 3.15. The van der Waals surface area contributed by atoms with Crippen molar-refractivity contribution in [3.05, 3.63) is 40.5 Å². The van der Waals surface area contributed by atoms with Gasteiger partial charge in [-0.25, -0.2) is 4.79 Å². The molecule has 16 heavy (non-hydrogen) atoms. The summed E-state index contributed by atoms with van der Waals surface area (Å²) in [5.41, 5.74) is 1.81. The van der Waals surface area contributed by atoms with E-state index in [1.54, 1.807) is 12.3 Å². The van der Waals surface area contributed by atoms with Crippen molar-refractivity contribution in [2.75, 3.05) is 0 Å². The molecule has 1 heterocycles. The Morgan fingerprint density at radius 2 is 2.25 bits per heavy atom. The number of carbonyl (C=O) groups is 1.